The van der Waals surface area contributed by atoms with Gasteiger partial charge in [0.1, 0.15) is 0 Å². The molecule has 0 aromatic heterocycles. The number of hydrogen-bond donors (Lipinski definition) is 1. The fraction of sp³-hybridized carbons (Fsp3) is 1.00. The standard InChI is InChI=1S/C12H22O2/c1-12(2)7-9-5-11(14-4-3-13)6-10(9)8-12/h9-11,13H,3-8H2,1-2H3/t9-,10+,11?. The molecular weight excluding hydrogens is 176 g/mol. The number of ether oxygens (including phenoxy) is 1. The average molecular weight is 198 g/mol. The minimum Gasteiger partial charge on any atom is -0.394 e. The zero-order valence-electron chi connectivity index (χ0n) is 9.33. The number of fused-ring (bicyclic) bond motifs is 1. The summed E-state index contributed by atoms with van der Waals surface area (Å²) < 4.78 is 5.61. The Kier molecular flexibility index (Phi) is 2.85. The van der Waals surface area contributed by atoms with Crippen LogP contribution in [0, 0.1) is 17.3 Å². The molecule has 0 aromatic carbocycles. The van der Waals surface area contributed by atoms with Crippen LogP contribution < -0.4 is 0 Å². The highest BCUT2D eigenvalue weighted by atomic mass is 16.5. The quantitative estimate of drug-likeness (QED) is 0.753. The summed E-state index contributed by atoms with van der Waals surface area (Å²) in [6.45, 7) is 5.45. The Labute approximate surface area is 86.6 Å². The first-order chi connectivity index (χ1) is 6.61. The average Bonchev–Trinajstić information content (AvgIpc) is 2.53. The lowest BCUT2D eigenvalue weighted by molar-refractivity contribution is 0.0263. The molecule has 82 valence electrons. The van der Waals surface area contributed by atoms with Gasteiger partial charge in [-0.1, -0.05) is 13.8 Å². The summed E-state index contributed by atoms with van der Waals surface area (Å²) in [5, 5.41) is 8.69. The van der Waals surface area contributed by atoms with Crippen molar-refractivity contribution in [3.05, 3.63) is 0 Å². The molecule has 0 radical (unpaired) electrons. The van der Waals surface area contributed by atoms with E-state index in [2.05, 4.69) is 13.8 Å². The van der Waals surface area contributed by atoms with Crippen LogP contribution >= 0.6 is 0 Å². The maximum Gasteiger partial charge on any atom is 0.0701 e. The van der Waals surface area contributed by atoms with Gasteiger partial charge in [0, 0.05) is 0 Å². The molecule has 3 atom stereocenters. The molecule has 0 saturated heterocycles. The van der Waals surface area contributed by atoms with Crippen molar-refractivity contribution >= 4 is 0 Å². The molecular formula is C12H22O2. The summed E-state index contributed by atoms with van der Waals surface area (Å²) >= 11 is 0. The maximum atomic E-state index is 8.69. The van der Waals surface area contributed by atoms with E-state index in [4.69, 9.17) is 9.84 Å². The van der Waals surface area contributed by atoms with Crippen molar-refractivity contribution in [2.75, 3.05) is 13.2 Å². The summed E-state index contributed by atoms with van der Waals surface area (Å²) in [4.78, 5) is 0. The van der Waals surface area contributed by atoms with Crippen molar-refractivity contribution in [3.63, 3.8) is 0 Å². The molecule has 2 heteroatoms. The van der Waals surface area contributed by atoms with Gasteiger partial charge in [-0.25, -0.2) is 0 Å². The zero-order valence-corrected chi connectivity index (χ0v) is 9.33. The summed E-state index contributed by atoms with van der Waals surface area (Å²) in [6, 6.07) is 0. The molecule has 0 bridgehead atoms. The monoisotopic (exact) mass is 198 g/mol. The number of aliphatic hydroxyl groups is 1. The van der Waals surface area contributed by atoms with Crippen molar-refractivity contribution in [1.29, 1.82) is 0 Å². The lowest BCUT2D eigenvalue weighted by atomic mass is 9.88. The predicted molar refractivity (Wildman–Crippen MR) is 56.1 cm³/mol. The second-order valence-electron chi connectivity index (χ2n) is 5.78. The van der Waals surface area contributed by atoms with Gasteiger partial charge in [-0.3, -0.25) is 0 Å². The van der Waals surface area contributed by atoms with E-state index >= 15 is 0 Å². The molecule has 0 spiro atoms. The summed E-state index contributed by atoms with van der Waals surface area (Å²) in [5.74, 6) is 1.79. The first-order valence-electron chi connectivity index (χ1n) is 5.83. The molecule has 2 fully saturated rings. The molecule has 0 aromatic rings. The van der Waals surface area contributed by atoms with Crippen LogP contribution in [0.4, 0.5) is 0 Å². The second-order valence-corrected chi connectivity index (χ2v) is 5.78. The van der Waals surface area contributed by atoms with E-state index in [0.29, 0.717) is 18.1 Å². The molecule has 0 heterocycles. The van der Waals surface area contributed by atoms with E-state index in [1.165, 1.54) is 25.7 Å². The zero-order chi connectivity index (χ0) is 10.2. The Morgan fingerprint density at radius 1 is 1.21 bits per heavy atom. The molecule has 0 aliphatic heterocycles. The van der Waals surface area contributed by atoms with Gasteiger partial charge in [-0.15, -0.1) is 0 Å². The molecule has 2 aliphatic carbocycles. The molecule has 1 N–H and O–H groups in total. The van der Waals surface area contributed by atoms with Crippen LogP contribution in [-0.4, -0.2) is 24.4 Å². The third kappa shape index (κ3) is 2.12. The summed E-state index contributed by atoms with van der Waals surface area (Å²) in [6.07, 6.45) is 5.64. The third-order valence-corrected chi connectivity index (χ3v) is 3.87. The first-order valence-corrected chi connectivity index (χ1v) is 5.83. The highest BCUT2D eigenvalue weighted by molar-refractivity contribution is 4.95. The minimum atomic E-state index is 0.164. The highest BCUT2D eigenvalue weighted by Crippen LogP contribution is 2.53. The number of hydrogen-bond acceptors (Lipinski definition) is 2. The highest BCUT2D eigenvalue weighted by Gasteiger charge is 2.45. The molecule has 1 unspecified atom stereocenters. The van der Waals surface area contributed by atoms with E-state index < -0.39 is 0 Å². The van der Waals surface area contributed by atoms with Crippen molar-refractivity contribution in [1.82, 2.24) is 0 Å². The largest absolute Gasteiger partial charge is 0.394 e. The van der Waals surface area contributed by atoms with Gasteiger partial charge in [-0.2, -0.15) is 0 Å². The Balaban J connectivity index is 1.81. The molecule has 2 saturated carbocycles. The molecule has 2 nitrogen and oxygen atoms in total. The third-order valence-electron chi connectivity index (χ3n) is 3.87. The molecule has 14 heavy (non-hydrogen) atoms. The van der Waals surface area contributed by atoms with Crippen LogP contribution in [0.15, 0.2) is 0 Å². The van der Waals surface area contributed by atoms with Crippen LogP contribution in [0.1, 0.15) is 39.5 Å². The van der Waals surface area contributed by atoms with E-state index in [-0.39, 0.29) is 6.61 Å². The van der Waals surface area contributed by atoms with Gasteiger partial charge >= 0.3 is 0 Å². The van der Waals surface area contributed by atoms with Crippen LogP contribution in [0.2, 0.25) is 0 Å². The summed E-state index contributed by atoms with van der Waals surface area (Å²) in [7, 11) is 0. The first kappa shape index (κ1) is 10.4. The van der Waals surface area contributed by atoms with Crippen LogP contribution in [-0.2, 0) is 4.74 Å². The van der Waals surface area contributed by atoms with E-state index in [9.17, 15) is 0 Å². The van der Waals surface area contributed by atoms with Gasteiger partial charge in [0.2, 0.25) is 0 Å². The van der Waals surface area contributed by atoms with Gasteiger partial charge in [0.25, 0.3) is 0 Å². The van der Waals surface area contributed by atoms with Crippen molar-refractivity contribution < 1.29 is 9.84 Å². The Bertz CT molecular complexity index is 184. The topological polar surface area (TPSA) is 29.5 Å². The lowest BCUT2D eigenvalue weighted by Gasteiger charge is -2.20. The van der Waals surface area contributed by atoms with E-state index in [1.54, 1.807) is 0 Å². The Hall–Kier alpha value is -0.0800. The van der Waals surface area contributed by atoms with Gasteiger partial charge in [-0.05, 0) is 42.9 Å². The summed E-state index contributed by atoms with van der Waals surface area (Å²) in [5.41, 5.74) is 0.567. The second kappa shape index (κ2) is 3.82. The smallest absolute Gasteiger partial charge is 0.0701 e. The Morgan fingerprint density at radius 2 is 1.79 bits per heavy atom. The lowest BCUT2D eigenvalue weighted by Crippen LogP contribution is -2.15. The fourth-order valence-electron chi connectivity index (χ4n) is 3.51. The fourth-order valence-corrected chi connectivity index (χ4v) is 3.51. The number of rotatable bonds is 3. The van der Waals surface area contributed by atoms with Crippen LogP contribution in [0.5, 0.6) is 0 Å². The van der Waals surface area contributed by atoms with Gasteiger partial charge < -0.3 is 9.84 Å². The molecule has 2 aliphatic rings. The van der Waals surface area contributed by atoms with E-state index in [1.807, 2.05) is 0 Å². The number of aliphatic hydroxyl groups excluding tert-OH is 1. The molecule has 0 amide bonds. The molecule has 2 rings (SSSR count). The maximum absolute atomic E-state index is 8.69. The van der Waals surface area contributed by atoms with Crippen molar-refractivity contribution in [2.45, 2.75) is 45.6 Å². The van der Waals surface area contributed by atoms with E-state index in [0.717, 1.165) is 11.8 Å². The van der Waals surface area contributed by atoms with Crippen molar-refractivity contribution in [2.24, 2.45) is 17.3 Å². The predicted octanol–water partition coefficient (Wildman–Crippen LogP) is 2.21. The van der Waals surface area contributed by atoms with Gasteiger partial charge in [0.05, 0.1) is 19.3 Å². The Morgan fingerprint density at radius 3 is 2.29 bits per heavy atom. The SMILES string of the molecule is CC1(C)C[C@H]2CC(OCCO)C[C@H]2C1. The van der Waals surface area contributed by atoms with Gasteiger partial charge in [0.15, 0.2) is 0 Å². The van der Waals surface area contributed by atoms with Crippen LogP contribution in [0.3, 0.4) is 0 Å². The minimum absolute atomic E-state index is 0.164. The van der Waals surface area contributed by atoms with Crippen LogP contribution in [0.25, 0.3) is 0 Å². The van der Waals surface area contributed by atoms with Crippen molar-refractivity contribution in [3.8, 4) is 0 Å². The normalized spacial score (nSPS) is 40.1.